The van der Waals surface area contributed by atoms with Crippen LogP contribution >= 0.6 is 11.6 Å². The molecule has 9 heteroatoms. The Hall–Kier alpha value is -1.80. The van der Waals surface area contributed by atoms with Crippen molar-refractivity contribution in [3.63, 3.8) is 0 Å². The minimum Gasteiger partial charge on any atom is -0.481 e. The highest BCUT2D eigenvalue weighted by Crippen LogP contribution is 2.33. The molecule has 2 atom stereocenters. The number of hydrogen-bond donors (Lipinski definition) is 1. The van der Waals surface area contributed by atoms with Crippen molar-refractivity contribution in [1.82, 2.24) is 4.90 Å². The van der Waals surface area contributed by atoms with Crippen molar-refractivity contribution in [2.24, 2.45) is 5.92 Å². The Morgan fingerprint density at radius 2 is 1.88 bits per heavy atom. The van der Waals surface area contributed by atoms with Gasteiger partial charge < -0.3 is 14.7 Å². The van der Waals surface area contributed by atoms with Crippen LogP contribution in [0.4, 0.5) is 13.2 Å². The van der Waals surface area contributed by atoms with Crippen LogP contribution in [0.5, 0.6) is 0 Å². The van der Waals surface area contributed by atoms with Crippen LogP contribution in [-0.2, 0) is 14.3 Å². The highest BCUT2D eigenvalue weighted by Gasteiger charge is 2.40. The molecule has 0 bridgehead atoms. The van der Waals surface area contributed by atoms with Crippen molar-refractivity contribution >= 4 is 23.5 Å². The number of aliphatic carboxylic acids is 1. The van der Waals surface area contributed by atoms with Crippen molar-refractivity contribution in [1.29, 1.82) is 0 Å². The molecule has 132 valence electrons. The monoisotopic (exact) mass is 365 g/mol. The molecular weight excluding hydrogens is 351 g/mol. The molecule has 0 aromatic heterocycles. The molecule has 1 aromatic carbocycles. The topological polar surface area (TPSA) is 66.8 Å². The first-order valence-electron chi connectivity index (χ1n) is 7.08. The number of carbonyl (C=O) groups excluding carboxylic acids is 1. The lowest BCUT2D eigenvalue weighted by Gasteiger charge is -2.17. The molecule has 0 saturated carbocycles. The number of carboxylic acid groups (broad SMARTS) is 1. The predicted octanol–water partition coefficient (Wildman–Crippen LogP) is 2.55. The molecule has 1 N–H and O–H groups in total. The van der Waals surface area contributed by atoms with Gasteiger partial charge in [0, 0.05) is 24.0 Å². The zero-order valence-electron chi connectivity index (χ0n) is 12.4. The van der Waals surface area contributed by atoms with Gasteiger partial charge in [-0.25, -0.2) is 0 Å². The van der Waals surface area contributed by atoms with E-state index in [9.17, 15) is 27.9 Å². The van der Waals surface area contributed by atoms with E-state index in [0.717, 1.165) is 0 Å². The van der Waals surface area contributed by atoms with E-state index < -0.39 is 43.1 Å². The molecule has 1 saturated heterocycles. The largest absolute Gasteiger partial charge is 0.481 e. The summed E-state index contributed by atoms with van der Waals surface area (Å²) in [5.74, 6) is -3.02. The summed E-state index contributed by atoms with van der Waals surface area (Å²) in [6.07, 6.45) is -4.51. The van der Waals surface area contributed by atoms with Crippen molar-refractivity contribution in [3.8, 4) is 0 Å². The first-order valence-corrected chi connectivity index (χ1v) is 7.45. The van der Waals surface area contributed by atoms with Gasteiger partial charge >= 0.3 is 12.1 Å². The number of hydrogen-bond acceptors (Lipinski definition) is 3. The summed E-state index contributed by atoms with van der Waals surface area (Å²) >= 11 is 5.80. The summed E-state index contributed by atoms with van der Waals surface area (Å²) in [5, 5.41) is 9.84. The average molecular weight is 366 g/mol. The minimum atomic E-state index is -4.51. The number of amides is 1. The fourth-order valence-electron chi connectivity index (χ4n) is 2.65. The number of rotatable bonds is 5. The van der Waals surface area contributed by atoms with Gasteiger partial charge in [0.25, 0.3) is 0 Å². The van der Waals surface area contributed by atoms with Crippen molar-refractivity contribution < 1.29 is 32.6 Å². The Morgan fingerprint density at radius 1 is 1.25 bits per heavy atom. The molecule has 1 amide bonds. The molecule has 1 aliphatic rings. The van der Waals surface area contributed by atoms with E-state index in [2.05, 4.69) is 4.74 Å². The second-order valence-electron chi connectivity index (χ2n) is 5.51. The quantitative estimate of drug-likeness (QED) is 0.870. The summed E-state index contributed by atoms with van der Waals surface area (Å²) in [4.78, 5) is 24.6. The number of halogens is 4. The summed E-state index contributed by atoms with van der Waals surface area (Å²) in [5.41, 5.74) is 0.707. The molecule has 0 aliphatic carbocycles. The average Bonchev–Trinajstić information content (AvgIpc) is 2.92. The summed E-state index contributed by atoms with van der Waals surface area (Å²) < 4.78 is 40.4. The second-order valence-corrected chi connectivity index (χ2v) is 5.95. The Labute approximate surface area is 141 Å². The Kier molecular flexibility index (Phi) is 5.71. The van der Waals surface area contributed by atoms with Gasteiger partial charge in [-0.15, -0.1) is 0 Å². The maximum atomic E-state index is 12.0. The molecule has 0 spiro atoms. The number of carbonyl (C=O) groups is 2. The van der Waals surface area contributed by atoms with Gasteiger partial charge in [-0.2, -0.15) is 13.2 Å². The zero-order valence-corrected chi connectivity index (χ0v) is 13.2. The van der Waals surface area contributed by atoms with Crippen molar-refractivity contribution in [3.05, 3.63) is 34.9 Å². The molecule has 1 aromatic rings. The number of benzene rings is 1. The van der Waals surface area contributed by atoms with Crippen LogP contribution < -0.4 is 0 Å². The minimum absolute atomic E-state index is 0.0726. The predicted molar refractivity (Wildman–Crippen MR) is 78.8 cm³/mol. The molecule has 0 unspecified atom stereocenters. The van der Waals surface area contributed by atoms with Gasteiger partial charge in [-0.05, 0) is 17.7 Å². The highest BCUT2D eigenvalue weighted by molar-refractivity contribution is 6.30. The smallest absolute Gasteiger partial charge is 0.411 e. The SMILES string of the molecule is O=C(O)[C@@H]1CN(C(=O)COCC(F)(F)F)C[C@H]1c1ccc(Cl)cc1. The maximum absolute atomic E-state index is 12.0. The fourth-order valence-corrected chi connectivity index (χ4v) is 2.78. The van der Waals surface area contributed by atoms with Gasteiger partial charge in [0.1, 0.15) is 13.2 Å². The Bertz CT molecular complexity index is 606. The van der Waals surface area contributed by atoms with Crippen LogP contribution in [0.25, 0.3) is 0 Å². The van der Waals surface area contributed by atoms with Crippen LogP contribution in [0.15, 0.2) is 24.3 Å². The first-order chi connectivity index (χ1) is 11.2. The fraction of sp³-hybridized carbons (Fsp3) is 0.467. The number of alkyl halides is 3. The summed E-state index contributed by atoms with van der Waals surface area (Å²) in [6.45, 7) is -2.22. The molecule has 1 aliphatic heterocycles. The molecule has 24 heavy (non-hydrogen) atoms. The van der Waals surface area contributed by atoms with Crippen molar-refractivity contribution in [2.75, 3.05) is 26.3 Å². The Morgan fingerprint density at radius 3 is 2.42 bits per heavy atom. The van der Waals surface area contributed by atoms with Crippen LogP contribution in [0, 0.1) is 5.92 Å². The Balaban J connectivity index is 2.02. The third-order valence-corrected chi connectivity index (χ3v) is 4.03. The molecular formula is C15H15ClF3NO4. The third kappa shape index (κ3) is 4.85. The number of ether oxygens (including phenoxy) is 1. The summed E-state index contributed by atoms with van der Waals surface area (Å²) in [6, 6.07) is 6.59. The highest BCUT2D eigenvalue weighted by atomic mass is 35.5. The van der Waals surface area contributed by atoms with Crippen LogP contribution in [0.1, 0.15) is 11.5 Å². The van der Waals surface area contributed by atoms with Crippen molar-refractivity contribution in [2.45, 2.75) is 12.1 Å². The lowest BCUT2D eigenvalue weighted by Crippen LogP contribution is -2.34. The van der Waals surface area contributed by atoms with Gasteiger partial charge in [0.05, 0.1) is 5.92 Å². The maximum Gasteiger partial charge on any atom is 0.411 e. The normalized spacial score (nSPS) is 21.1. The molecule has 0 radical (unpaired) electrons. The molecule has 2 rings (SSSR count). The van der Waals surface area contributed by atoms with E-state index in [0.29, 0.717) is 10.6 Å². The van der Waals surface area contributed by atoms with E-state index in [4.69, 9.17) is 11.6 Å². The second kappa shape index (κ2) is 7.40. The first kappa shape index (κ1) is 18.5. The van der Waals surface area contributed by atoms with Gasteiger partial charge in [0.15, 0.2) is 0 Å². The number of likely N-dealkylation sites (tertiary alicyclic amines) is 1. The molecule has 5 nitrogen and oxygen atoms in total. The van der Waals surface area contributed by atoms with E-state index in [1.165, 1.54) is 4.90 Å². The van der Waals surface area contributed by atoms with Gasteiger partial charge in [0.2, 0.25) is 5.91 Å². The van der Waals surface area contributed by atoms with E-state index in [1.807, 2.05) is 0 Å². The molecule has 1 fully saturated rings. The van der Waals surface area contributed by atoms with E-state index in [1.54, 1.807) is 24.3 Å². The van der Waals surface area contributed by atoms with Crippen LogP contribution in [0.2, 0.25) is 5.02 Å². The van der Waals surface area contributed by atoms with E-state index in [-0.39, 0.29) is 13.1 Å². The van der Waals surface area contributed by atoms with Gasteiger partial charge in [-0.1, -0.05) is 23.7 Å². The standard InChI is InChI=1S/C15H15ClF3NO4/c16-10-3-1-9(2-4-10)11-5-20(6-12(11)14(22)23)13(21)7-24-8-15(17,18)19/h1-4,11-12H,5-8H2,(H,22,23)/t11-,12+/m0/s1. The summed E-state index contributed by atoms with van der Waals surface area (Å²) in [7, 11) is 0. The number of carboxylic acids is 1. The number of nitrogens with zero attached hydrogens (tertiary/aromatic N) is 1. The molecule has 1 heterocycles. The third-order valence-electron chi connectivity index (χ3n) is 3.78. The van der Waals surface area contributed by atoms with Crippen LogP contribution in [0.3, 0.4) is 0 Å². The lowest BCUT2D eigenvalue weighted by molar-refractivity contribution is -0.177. The van der Waals surface area contributed by atoms with E-state index >= 15 is 0 Å². The lowest BCUT2D eigenvalue weighted by atomic mass is 9.89. The van der Waals surface area contributed by atoms with Crippen LogP contribution in [-0.4, -0.2) is 54.4 Å². The van der Waals surface area contributed by atoms with Gasteiger partial charge in [-0.3, -0.25) is 9.59 Å². The zero-order chi connectivity index (χ0) is 17.9.